The number of rotatable bonds is 3. The van der Waals surface area contributed by atoms with Crippen LogP contribution < -0.4 is 5.32 Å². The number of alkyl halides is 3. The van der Waals surface area contributed by atoms with Crippen molar-refractivity contribution in [3.8, 4) is 6.07 Å². The maximum atomic E-state index is 12.6. The zero-order chi connectivity index (χ0) is 15.6. The summed E-state index contributed by atoms with van der Waals surface area (Å²) in [6, 6.07) is 4.85. The second-order valence-corrected chi connectivity index (χ2v) is 4.64. The van der Waals surface area contributed by atoms with Crippen LogP contribution in [0.25, 0.3) is 0 Å². The largest absolute Gasteiger partial charge is 0.416 e. The van der Waals surface area contributed by atoms with Crippen LogP contribution in [0.2, 0.25) is 0 Å². The highest BCUT2D eigenvalue weighted by Gasteiger charge is 2.31. The molecule has 0 spiro atoms. The van der Waals surface area contributed by atoms with E-state index >= 15 is 0 Å². The standard InChI is InChI=1S/C14H13F3N4/c1-8-12(9(2)21-20-8)7-19-13-4-3-11(14(15,16)17)5-10(13)6-18/h3-5,19H,7H2,1-2H3,(H,20,21). The fraction of sp³-hybridized carbons (Fsp3) is 0.286. The summed E-state index contributed by atoms with van der Waals surface area (Å²) < 4.78 is 37.8. The Morgan fingerprint density at radius 1 is 1.33 bits per heavy atom. The van der Waals surface area contributed by atoms with Crippen molar-refractivity contribution in [2.24, 2.45) is 0 Å². The van der Waals surface area contributed by atoms with Gasteiger partial charge in [-0.3, -0.25) is 5.10 Å². The first-order chi connectivity index (χ1) is 9.82. The molecular weight excluding hydrogens is 281 g/mol. The van der Waals surface area contributed by atoms with Gasteiger partial charge in [-0.25, -0.2) is 0 Å². The third kappa shape index (κ3) is 3.16. The second-order valence-electron chi connectivity index (χ2n) is 4.64. The Kier molecular flexibility index (Phi) is 3.89. The molecule has 21 heavy (non-hydrogen) atoms. The fourth-order valence-electron chi connectivity index (χ4n) is 1.99. The molecule has 4 nitrogen and oxygen atoms in total. The molecule has 0 amide bonds. The van der Waals surface area contributed by atoms with E-state index in [1.54, 1.807) is 6.07 Å². The molecule has 7 heteroatoms. The highest BCUT2D eigenvalue weighted by Crippen LogP contribution is 2.31. The van der Waals surface area contributed by atoms with Gasteiger partial charge in [0.2, 0.25) is 0 Å². The Balaban J connectivity index is 2.23. The van der Waals surface area contributed by atoms with Crippen LogP contribution in [0.15, 0.2) is 18.2 Å². The summed E-state index contributed by atoms with van der Waals surface area (Å²) >= 11 is 0. The molecule has 0 atom stereocenters. The Morgan fingerprint density at radius 2 is 2.05 bits per heavy atom. The number of nitrogens with zero attached hydrogens (tertiary/aromatic N) is 2. The molecule has 1 aromatic carbocycles. The number of H-pyrrole nitrogens is 1. The third-order valence-corrected chi connectivity index (χ3v) is 3.20. The monoisotopic (exact) mass is 294 g/mol. The van der Waals surface area contributed by atoms with Crippen LogP contribution in [0.1, 0.15) is 28.1 Å². The van der Waals surface area contributed by atoms with Crippen molar-refractivity contribution in [1.29, 1.82) is 5.26 Å². The van der Waals surface area contributed by atoms with Crippen molar-refractivity contribution in [2.75, 3.05) is 5.32 Å². The lowest BCUT2D eigenvalue weighted by Crippen LogP contribution is -2.07. The van der Waals surface area contributed by atoms with Gasteiger partial charge in [0.1, 0.15) is 6.07 Å². The summed E-state index contributed by atoms with van der Waals surface area (Å²) in [7, 11) is 0. The van der Waals surface area contributed by atoms with Crippen LogP contribution in [0.4, 0.5) is 18.9 Å². The molecule has 2 rings (SSSR count). The summed E-state index contributed by atoms with van der Waals surface area (Å²) in [6.07, 6.45) is -4.46. The van der Waals surface area contributed by atoms with Gasteiger partial charge in [0.05, 0.1) is 22.5 Å². The number of aryl methyl sites for hydroxylation is 2. The predicted molar refractivity (Wildman–Crippen MR) is 71.5 cm³/mol. The summed E-state index contributed by atoms with van der Waals surface area (Å²) in [5, 5.41) is 18.8. The molecule has 1 aromatic heterocycles. The molecule has 0 bridgehead atoms. The van der Waals surface area contributed by atoms with Gasteiger partial charge in [-0.05, 0) is 32.0 Å². The van der Waals surface area contributed by atoms with Crippen molar-refractivity contribution < 1.29 is 13.2 Å². The molecular formula is C14H13F3N4. The molecule has 0 saturated carbocycles. The molecule has 0 aliphatic rings. The Bertz CT molecular complexity index is 676. The third-order valence-electron chi connectivity index (χ3n) is 3.20. The Hall–Kier alpha value is -2.49. The lowest BCUT2D eigenvalue weighted by molar-refractivity contribution is -0.137. The SMILES string of the molecule is Cc1n[nH]c(C)c1CNc1ccc(C(F)(F)F)cc1C#N. The smallest absolute Gasteiger partial charge is 0.380 e. The maximum Gasteiger partial charge on any atom is 0.416 e. The van der Waals surface area contributed by atoms with Crippen LogP contribution >= 0.6 is 0 Å². The molecule has 0 aliphatic carbocycles. The number of hydrogen-bond donors (Lipinski definition) is 2. The van der Waals surface area contributed by atoms with E-state index < -0.39 is 11.7 Å². The number of benzene rings is 1. The van der Waals surface area contributed by atoms with Crippen molar-refractivity contribution in [3.63, 3.8) is 0 Å². The first-order valence-electron chi connectivity index (χ1n) is 6.18. The van der Waals surface area contributed by atoms with Crippen molar-refractivity contribution in [1.82, 2.24) is 10.2 Å². The second kappa shape index (κ2) is 5.48. The lowest BCUT2D eigenvalue weighted by atomic mass is 10.1. The average Bonchev–Trinajstić information content (AvgIpc) is 2.74. The van der Waals surface area contributed by atoms with E-state index in [0.717, 1.165) is 29.1 Å². The fourth-order valence-corrected chi connectivity index (χ4v) is 1.99. The first-order valence-corrected chi connectivity index (χ1v) is 6.18. The van der Waals surface area contributed by atoms with E-state index in [1.807, 2.05) is 13.8 Å². The van der Waals surface area contributed by atoms with Gasteiger partial charge in [0, 0.05) is 17.8 Å². The van der Waals surface area contributed by atoms with Crippen LogP contribution in [0.3, 0.4) is 0 Å². The highest BCUT2D eigenvalue weighted by molar-refractivity contribution is 5.59. The van der Waals surface area contributed by atoms with Gasteiger partial charge in [-0.2, -0.15) is 23.5 Å². The topological polar surface area (TPSA) is 64.5 Å². The molecule has 0 radical (unpaired) electrons. The summed E-state index contributed by atoms with van der Waals surface area (Å²) in [4.78, 5) is 0. The molecule has 110 valence electrons. The molecule has 0 saturated heterocycles. The molecule has 0 unspecified atom stereocenters. The number of nitrogens with one attached hydrogen (secondary N) is 2. The summed E-state index contributed by atoms with van der Waals surface area (Å²) in [5.41, 5.74) is 2.11. The molecule has 1 heterocycles. The van der Waals surface area contributed by atoms with Crippen LogP contribution in [0.5, 0.6) is 0 Å². The van der Waals surface area contributed by atoms with Gasteiger partial charge in [0.25, 0.3) is 0 Å². The maximum absolute atomic E-state index is 12.6. The van der Waals surface area contributed by atoms with Crippen molar-refractivity contribution >= 4 is 5.69 Å². The summed E-state index contributed by atoms with van der Waals surface area (Å²) in [5.74, 6) is 0. The minimum atomic E-state index is -4.46. The van der Waals surface area contributed by atoms with E-state index in [1.165, 1.54) is 6.07 Å². The molecule has 0 fully saturated rings. The van der Waals surface area contributed by atoms with Crippen LogP contribution in [0, 0.1) is 25.2 Å². The van der Waals surface area contributed by atoms with Crippen LogP contribution in [-0.4, -0.2) is 10.2 Å². The van der Waals surface area contributed by atoms with Gasteiger partial charge in [0.15, 0.2) is 0 Å². The molecule has 0 aliphatic heterocycles. The number of halogens is 3. The Morgan fingerprint density at radius 3 is 2.57 bits per heavy atom. The molecule has 2 N–H and O–H groups in total. The van der Waals surface area contributed by atoms with E-state index in [-0.39, 0.29) is 5.56 Å². The van der Waals surface area contributed by atoms with Crippen molar-refractivity contribution in [3.05, 3.63) is 46.3 Å². The van der Waals surface area contributed by atoms with Gasteiger partial charge in [-0.1, -0.05) is 0 Å². The predicted octanol–water partition coefficient (Wildman–Crippen LogP) is 3.53. The average molecular weight is 294 g/mol. The number of nitriles is 1. The normalized spacial score (nSPS) is 11.2. The van der Waals surface area contributed by atoms with E-state index in [0.29, 0.717) is 12.2 Å². The quantitative estimate of drug-likeness (QED) is 0.910. The summed E-state index contributed by atoms with van der Waals surface area (Å²) in [6.45, 7) is 4.07. The molecule has 2 aromatic rings. The lowest BCUT2D eigenvalue weighted by Gasteiger charge is -2.11. The van der Waals surface area contributed by atoms with Crippen molar-refractivity contribution in [2.45, 2.75) is 26.6 Å². The van der Waals surface area contributed by atoms with E-state index in [9.17, 15) is 13.2 Å². The van der Waals surface area contributed by atoms with Gasteiger partial charge >= 0.3 is 6.18 Å². The minimum absolute atomic E-state index is 0.0383. The number of aromatic nitrogens is 2. The zero-order valence-corrected chi connectivity index (χ0v) is 11.5. The van der Waals surface area contributed by atoms with Gasteiger partial charge in [-0.15, -0.1) is 0 Å². The number of anilines is 1. The highest BCUT2D eigenvalue weighted by atomic mass is 19.4. The zero-order valence-electron chi connectivity index (χ0n) is 11.5. The van der Waals surface area contributed by atoms with E-state index in [4.69, 9.17) is 5.26 Å². The van der Waals surface area contributed by atoms with Crippen LogP contribution in [-0.2, 0) is 12.7 Å². The van der Waals surface area contributed by atoms with Gasteiger partial charge < -0.3 is 5.32 Å². The number of aromatic amines is 1. The number of hydrogen-bond acceptors (Lipinski definition) is 3. The van der Waals surface area contributed by atoms with E-state index in [2.05, 4.69) is 15.5 Å². The Labute approximate surface area is 119 Å². The first kappa shape index (κ1) is 14.9. The minimum Gasteiger partial charge on any atom is -0.380 e.